The summed E-state index contributed by atoms with van der Waals surface area (Å²) < 4.78 is 1.80. The van der Waals surface area contributed by atoms with Gasteiger partial charge in [0.25, 0.3) is 0 Å². The van der Waals surface area contributed by atoms with Crippen molar-refractivity contribution in [2.45, 2.75) is 35.4 Å². The fraction of sp³-hybridized carbons (Fsp3) is 0.357. The number of carbonyl (C=O) groups excluding carboxylic acids is 2. The van der Waals surface area contributed by atoms with Crippen LogP contribution in [0.2, 0.25) is 5.02 Å². The number of carbonyl (C=O) groups is 2. The largest absolute Gasteiger partial charge is 0.335 e. The maximum Gasteiger partial charge on any atom is 0.321 e. The van der Waals surface area contributed by atoms with Crippen molar-refractivity contribution >= 4 is 56.9 Å². The van der Waals surface area contributed by atoms with Gasteiger partial charge in [0.2, 0.25) is 5.91 Å². The molecule has 0 saturated heterocycles. The van der Waals surface area contributed by atoms with Crippen LogP contribution in [0, 0.1) is 0 Å². The number of hydrogen-bond acceptors (Lipinski definition) is 5. The van der Waals surface area contributed by atoms with E-state index < -0.39 is 11.3 Å². The lowest BCUT2D eigenvalue weighted by molar-refractivity contribution is -0.119. The van der Waals surface area contributed by atoms with Crippen molar-refractivity contribution in [3.05, 3.63) is 23.2 Å². The third-order valence-corrected chi connectivity index (χ3v) is 5.59. The smallest absolute Gasteiger partial charge is 0.321 e. The Morgan fingerprint density at radius 1 is 1.45 bits per heavy atom. The molecule has 5 nitrogen and oxygen atoms in total. The molecule has 3 amide bonds. The molecule has 1 aliphatic rings. The Balaban J connectivity index is 1.60. The Labute approximate surface area is 140 Å². The number of benzene rings is 1. The van der Waals surface area contributed by atoms with E-state index in [1.54, 1.807) is 13.0 Å². The van der Waals surface area contributed by atoms with Crippen molar-refractivity contribution < 1.29 is 9.59 Å². The van der Waals surface area contributed by atoms with E-state index in [9.17, 15) is 9.59 Å². The molecule has 0 bridgehead atoms. The zero-order chi connectivity index (χ0) is 15.7. The molecule has 1 atom stereocenters. The van der Waals surface area contributed by atoms with Crippen LogP contribution in [0.3, 0.4) is 0 Å². The SMILES string of the molecule is CC(Sc1nc2cc(Cl)ccc2s1)C(=O)NC(=O)NC1CC1. The van der Waals surface area contributed by atoms with Gasteiger partial charge in [-0.05, 0) is 38.0 Å². The van der Waals surface area contributed by atoms with E-state index in [2.05, 4.69) is 15.6 Å². The summed E-state index contributed by atoms with van der Waals surface area (Å²) in [4.78, 5) is 28.0. The summed E-state index contributed by atoms with van der Waals surface area (Å²) in [5.74, 6) is -0.319. The molecule has 2 N–H and O–H groups in total. The summed E-state index contributed by atoms with van der Waals surface area (Å²) in [7, 11) is 0. The first-order valence-electron chi connectivity index (χ1n) is 6.85. The molecule has 8 heteroatoms. The predicted octanol–water partition coefficient (Wildman–Crippen LogP) is 3.42. The average Bonchev–Trinajstić information content (AvgIpc) is 3.16. The van der Waals surface area contributed by atoms with Crippen molar-refractivity contribution in [1.82, 2.24) is 15.6 Å². The molecule has 0 radical (unpaired) electrons. The van der Waals surface area contributed by atoms with Gasteiger partial charge >= 0.3 is 6.03 Å². The van der Waals surface area contributed by atoms with Crippen LogP contribution < -0.4 is 10.6 Å². The van der Waals surface area contributed by atoms with Gasteiger partial charge in [0.05, 0.1) is 15.5 Å². The number of aromatic nitrogens is 1. The van der Waals surface area contributed by atoms with Gasteiger partial charge < -0.3 is 5.32 Å². The van der Waals surface area contributed by atoms with Crippen molar-refractivity contribution in [3.8, 4) is 0 Å². The Kier molecular flexibility index (Phi) is 4.56. The van der Waals surface area contributed by atoms with Crippen LogP contribution in [-0.4, -0.2) is 28.2 Å². The van der Waals surface area contributed by atoms with Crippen LogP contribution in [0.1, 0.15) is 19.8 Å². The molecule has 1 aliphatic carbocycles. The van der Waals surface area contributed by atoms with E-state index in [0.717, 1.165) is 27.4 Å². The van der Waals surface area contributed by atoms with Gasteiger partial charge in [-0.2, -0.15) is 0 Å². The monoisotopic (exact) mass is 355 g/mol. The number of hydrogen-bond donors (Lipinski definition) is 2. The summed E-state index contributed by atoms with van der Waals surface area (Å²) in [5, 5.41) is 5.32. The van der Waals surface area contributed by atoms with Crippen molar-refractivity contribution in [3.63, 3.8) is 0 Å². The number of imide groups is 1. The number of amides is 3. The highest BCUT2D eigenvalue weighted by Crippen LogP contribution is 2.33. The Bertz CT molecular complexity index is 730. The minimum atomic E-state index is -0.420. The minimum absolute atomic E-state index is 0.227. The summed E-state index contributed by atoms with van der Waals surface area (Å²) in [5.41, 5.74) is 0.819. The van der Waals surface area contributed by atoms with Crippen LogP contribution in [0.4, 0.5) is 4.79 Å². The quantitative estimate of drug-likeness (QED) is 0.824. The average molecular weight is 356 g/mol. The van der Waals surface area contributed by atoms with E-state index in [1.807, 2.05) is 12.1 Å². The predicted molar refractivity (Wildman–Crippen MR) is 89.6 cm³/mol. The highest BCUT2D eigenvalue weighted by Gasteiger charge is 2.25. The second kappa shape index (κ2) is 6.44. The van der Waals surface area contributed by atoms with Gasteiger partial charge in [-0.25, -0.2) is 9.78 Å². The van der Waals surface area contributed by atoms with Crippen molar-refractivity contribution in [1.29, 1.82) is 0 Å². The molecule has 116 valence electrons. The first kappa shape index (κ1) is 15.6. The molecule has 1 aromatic heterocycles. The van der Waals surface area contributed by atoms with Gasteiger partial charge in [-0.3, -0.25) is 10.1 Å². The molecule has 0 spiro atoms. The van der Waals surface area contributed by atoms with E-state index in [-0.39, 0.29) is 11.9 Å². The number of thioether (sulfide) groups is 1. The van der Waals surface area contributed by atoms with E-state index in [0.29, 0.717) is 5.02 Å². The fourth-order valence-electron chi connectivity index (χ4n) is 1.80. The van der Waals surface area contributed by atoms with Gasteiger partial charge in [0.15, 0.2) is 4.34 Å². The van der Waals surface area contributed by atoms with Crippen molar-refractivity contribution in [2.24, 2.45) is 0 Å². The lowest BCUT2D eigenvalue weighted by Crippen LogP contribution is -2.43. The van der Waals surface area contributed by atoms with E-state index >= 15 is 0 Å². The highest BCUT2D eigenvalue weighted by atomic mass is 35.5. The highest BCUT2D eigenvalue weighted by molar-refractivity contribution is 8.02. The molecular weight excluding hydrogens is 342 g/mol. The van der Waals surface area contributed by atoms with Gasteiger partial charge in [-0.1, -0.05) is 23.4 Å². The van der Waals surface area contributed by atoms with Gasteiger partial charge in [-0.15, -0.1) is 11.3 Å². The third kappa shape index (κ3) is 3.91. The van der Waals surface area contributed by atoms with Crippen LogP contribution >= 0.6 is 34.7 Å². The molecule has 1 heterocycles. The third-order valence-electron chi connectivity index (χ3n) is 3.13. The first-order chi connectivity index (χ1) is 10.5. The molecule has 0 aliphatic heterocycles. The zero-order valence-corrected chi connectivity index (χ0v) is 14.1. The van der Waals surface area contributed by atoms with Crippen LogP contribution in [0.5, 0.6) is 0 Å². The van der Waals surface area contributed by atoms with Crippen LogP contribution in [0.25, 0.3) is 10.2 Å². The Morgan fingerprint density at radius 2 is 2.23 bits per heavy atom. The van der Waals surface area contributed by atoms with Crippen molar-refractivity contribution in [2.75, 3.05) is 0 Å². The molecular formula is C14H14ClN3O2S2. The number of rotatable bonds is 4. The van der Waals surface area contributed by atoms with Crippen LogP contribution in [0.15, 0.2) is 22.5 Å². The second-order valence-electron chi connectivity index (χ2n) is 5.09. The summed E-state index contributed by atoms with van der Waals surface area (Å²) in [6, 6.07) is 5.33. The summed E-state index contributed by atoms with van der Waals surface area (Å²) in [6.45, 7) is 1.75. The molecule has 22 heavy (non-hydrogen) atoms. The fourth-order valence-corrected chi connectivity index (χ4v) is 4.16. The van der Waals surface area contributed by atoms with Crippen LogP contribution in [-0.2, 0) is 4.79 Å². The van der Waals surface area contributed by atoms with E-state index in [4.69, 9.17) is 11.6 Å². The van der Waals surface area contributed by atoms with E-state index in [1.165, 1.54) is 23.1 Å². The number of halogens is 1. The maximum absolute atomic E-state index is 12.0. The first-order valence-corrected chi connectivity index (χ1v) is 8.93. The normalized spacial score (nSPS) is 15.5. The molecule has 2 aromatic rings. The molecule has 1 aromatic carbocycles. The number of nitrogens with zero attached hydrogens (tertiary/aromatic N) is 1. The molecule has 3 rings (SSSR count). The molecule has 1 fully saturated rings. The standard InChI is InChI=1S/C14H14ClN3O2S2/c1-7(12(19)18-13(20)16-9-3-4-9)21-14-17-10-6-8(15)2-5-11(10)22-14/h2,5-7,9H,3-4H2,1H3,(H2,16,18,19,20). The number of urea groups is 1. The zero-order valence-electron chi connectivity index (χ0n) is 11.8. The molecule has 1 unspecified atom stereocenters. The summed E-state index contributed by atoms with van der Waals surface area (Å²) >= 11 is 8.77. The topological polar surface area (TPSA) is 71.1 Å². The Morgan fingerprint density at radius 3 is 2.95 bits per heavy atom. The maximum atomic E-state index is 12.0. The molecule has 1 saturated carbocycles. The lowest BCUT2D eigenvalue weighted by atomic mass is 10.3. The number of fused-ring (bicyclic) bond motifs is 1. The number of thiazole rings is 1. The minimum Gasteiger partial charge on any atom is -0.335 e. The van der Waals surface area contributed by atoms with Gasteiger partial charge in [0.1, 0.15) is 0 Å². The Hall–Kier alpha value is -1.31. The van der Waals surface area contributed by atoms with Gasteiger partial charge in [0, 0.05) is 11.1 Å². The lowest BCUT2D eigenvalue weighted by Gasteiger charge is -2.09. The number of nitrogens with one attached hydrogen (secondary N) is 2. The second-order valence-corrected chi connectivity index (χ2v) is 8.14. The summed E-state index contributed by atoms with van der Waals surface area (Å²) in [6.07, 6.45) is 1.97.